The first kappa shape index (κ1) is 9.03. The Hall–Kier alpha value is -1.06. The molecule has 0 heterocycles. The topological polar surface area (TPSA) is 52.6 Å². The van der Waals surface area contributed by atoms with Crippen molar-refractivity contribution in [2.75, 3.05) is 7.11 Å². The zero-order chi connectivity index (χ0) is 9.14. The van der Waals surface area contributed by atoms with Crippen LogP contribution in [0.15, 0.2) is 0 Å². The van der Waals surface area contributed by atoms with Crippen LogP contribution in [0.2, 0.25) is 0 Å². The molecule has 68 valence electrons. The predicted molar refractivity (Wildman–Crippen MR) is 40.3 cm³/mol. The number of carbonyl (C=O) groups excluding carboxylic acids is 2. The van der Waals surface area contributed by atoms with Crippen LogP contribution in [-0.2, 0) is 19.1 Å². The first-order valence-corrected chi connectivity index (χ1v) is 3.87. The lowest BCUT2D eigenvalue weighted by atomic mass is 10.3. The molecule has 0 radical (unpaired) electrons. The van der Waals surface area contributed by atoms with Crippen molar-refractivity contribution < 1.29 is 19.1 Å². The molecule has 0 saturated heterocycles. The number of hydrogen-bond donors (Lipinski definition) is 0. The van der Waals surface area contributed by atoms with E-state index in [1.807, 2.05) is 0 Å². The molecule has 0 aromatic heterocycles. The summed E-state index contributed by atoms with van der Waals surface area (Å²) in [6.07, 6.45) is 1.09. The molecule has 0 aromatic rings. The molecule has 12 heavy (non-hydrogen) atoms. The fraction of sp³-hybridized carbons (Fsp3) is 0.750. The number of carbonyl (C=O) groups is 2. The van der Waals surface area contributed by atoms with Gasteiger partial charge in [0, 0.05) is 12.8 Å². The second kappa shape index (κ2) is 3.56. The van der Waals surface area contributed by atoms with Gasteiger partial charge in [-0.15, -0.1) is 0 Å². The molecule has 0 N–H and O–H groups in total. The van der Waals surface area contributed by atoms with Gasteiger partial charge in [0.05, 0.1) is 13.5 Å². The zero-order valence-electron chi connectivity index (χ0n) is 7.20. The summed E-state index contributed by atoms with van der Waals surface area (Å²) >= 11 is 0. The molecular weight excluding hydrogens is 160 g/mol. The molecule has 2 atom stereocenters. The van der Waals surface area contributed by atoms with Crippen LogP contribution in [0.1, 0.15) is 19.8 Å². The lowest BCUT2D eigenvalue weighted by Crippen LogP contribution is -2.07. The highest BCUT2D eigenvalue weighted by Crippen LogP contribution is 2.36. The summed E-state index contributed by atoms with van der Waals surface area (Å²) in [6.45, 7) is 1.37. The maximum atomic E-state index is 10.7. The van der Waals surface area contributed by atoms with E-state index in [2.05, 4.69) is 4.74 Å². The predicted octanol–water partition coefficient (Wildman–Crippen LogP) is 0.501. The van der Waals surface area contributed by atoms with Crippen molar-refractivity contribution in [2.24, 2.45) is 5.92 Å². The molecular formula is C8H12O4. The van der Waals surface area contributed by atoms with Crippen molar-refractivity contribution >= 4 is 11.9 Å². The smallest absolute Gasteiger partial charge is 0.305 e. The van der Waals surface area contributed by atoms with Crippen LogP contribution in [-0.4, -0.2) is 25.2 Å². The molecule has 1 saturated carbocycles. The van der Waals surface area contributed by atoms with Gasteiger partial charge in [-0.1, -0.05) is 0 Å². The SMILES string of the molecule is COC(=O)CC1CC1OC(C)=O. The Balaban J connectivity index is 2.16. The van der Waals surface area contributed by atoms with Crippen LogP contribution in [0, 0.1) is 5.92 Å². The average molecular weight is 172 g/mol. The fourth-order valence-corrected chi connectivity index (χ4v) is 1.09. The minimum atomic E-state index is -0.285. The van der Waals surface area contributed by atoms with Crippen LogP contribution in [0.4, 0.5) is 0 Å². The summed E-state index contributed by atoms with van der Waals surface area (Å²) in [4.78, 5) is 21.2. The van der Waals surface area contributed by atoms with Crippen LogP contribution in [0.25, 0.3) is 0 Å². The number of rotatable bonds is 3. The lowest BCUT2D eigenvalue weighted by Gasteiger charge is -1.99. The van der Waals surface area contributed by atoms with E-state index < -0.39 is 0 Å². The minimum absolute atomic E-state index is 0.0541. The standard InChI is InChI=1S/C8H12O4/c1-5(9)12-7-3-6(7)4-8(10)11-2/h6-7H,3-4H2,1-2H3. The van der Waals surface area contributed by atoms with Gasteiger partial charge in [0.2, 0.25) is 0 Å². The molecule has 0 amide bonds. The zero-order valence-corrected chi connectivity index (χ0v) is 7.20. The average Bonchev–Trinajstić information content (AvgIpc) is 2.66. The Bertz CT molecular complexity index is 199. The van der Waals surface area contributed by atoms with Gasteiger partial charge in [-0.2, -0.15) is 0 Å². The van der Waals surface area contributed by atoms with Crippen LogP contribution >= 0.6 is 0 Å². The number of methoxy groups -OCH3 is 1. The number of esters is 2. The number of hydrogen-bond acceptors (Lipinski definition) is 4. The molecule has 4 nitrogen and oxygen atoms in total. The Morgan fingerprint density at radius 1 is 1.50 bits per heavy atom. The number of ether oxygens (including phenoxy) is 2. The van der Waals surface area contributed by atoms with E-state index in [9.17, 15) is 9.59 Å². The van der Waals surface area contributed by atoms with Crippen LogP contribution in [0.3, 0.4) is 0 Å². The Labute approximate surface area is 70.8 Å². The fourth-order valence-electron chi connectivity index (χ4n) is 1.09. The summed E-state index contributed by atoms with van der Waals surface area (Å²) in [5.41, 5.74) is 0. The maximum absolute atomic E-state index is 10.7. The first-order chi connectivity index (χ1) is 5.63. The molecule has 0 bridgehead atoms. The van der Waals surface area contributed by atoms with E-state index in [-0.39, 0.29) is 24.0 Å². The quantitative estimate of drug-likeness (QED) is 0.582. The van der Waals surface area contributed by atoms with Crippen molar-refractivity contribution in [3.63, 3.8) is 0 Å². The van der Waals surface area contributed by atoms with Gasteiger partial charge in [0.25, 0.3) is 0 Å². The van der Waals surface area contributed by atoms with Crippen molar-refractivity contribution in [3.8, 4) is 0 Å². The minimum Gasteiger partial charge on any atom is -0.469 e. The molecule has 1 aliphatic rings. The van der Waals surface area contributed by atoms with Gasteiger partial charge >= 0.3 is 11.9 Å². The summed E-state index contributed by atoms with van der Waals surface area (Å²) < 4.78 is 9.35. The van der Waals surface area contributed by atoms with E-state index >= 15 is 0 Å². The van der Waals surface area contributed by atoms with Gasteiger partial charge < -0.3 is 9.47 Å². The molecule has 2 unspecified atom stereocenters. The third-order valence-corrected chi connectivity index (χ3v) is 1.83. The Morgan fingerprint density at radius 2 is 2.17 bits per heavy atom. The third-order valence-electron chi connectivity index (χ3n) is 1.83. The summed E-state index contributed by atoms with van der Waals surface area (Å²) in [6, 6.07) is 0. The van der Waals surface area contributed by atoms with Gasteiger partial charge in [-0.25, -0.2) is 0 Å². The highest BCUT2D eigenvalue weighted by molar-refractivity contribution is 5.70. The van der Waals surface area contributed by atoms with Crippen LogP contribution in [0.5, 0.6) is 0 Å². The summed E-state index contributed by atoms with van der Waals surface area (Å²) in [7, 11) is 1.35. The van der Waals surface area contributed by atoms with Crippen molar-refractivity contribution in [3.05, 3.63) is 0 Å². The van der Waals surface area contributed by atoms with Crippen molar-refractivity contribution in [2.45, 2.75) is 25.9 Å². The third kappa shape index (κ3) is 2.53. The Kier molecular flexibility index (Phi) is 2.68. The Morgan fingerprint density at radius 3 is 2.67 bits per heavy atom. The summed E-state index contributed by atoms with van der Waals surface area (Å²) in [5, 5.41) is 0. The van der Waals surface area contributed by atoms with E-state index in [0.717, 1.165) is 6.42 Å². The summed E-state index contributed by atoms with van der Waals surface area (Å²) in [5.74, 6) is -0.344. The van der Waals surface area contributed by atoms with Crippen molar-refractivity contribution in [1.29, 1.82) is 0 Å². The van der Waals surface area contributed by atoms with E-state index in [1.54, 1.807) is 0 Å². The van der Waals surface area contributed by atoms with Gasteiger partial charge in [0.1, 0.15) is 6.10 Å². The molecule has 0 aromatic carbocycles. The maximum Gasteiger partial charge on any atom is 0.305 e. The molecule has 1 aliphatic carbocycles. The van der Waals surface area contributed by atoms with Gasteiger partial charge in [0.15, 0.2) is 0 Å². The normalized spacial score (nSPS) is 26.2. The molecule has 0 spiro atoms. The molecule has 4 heteroatoms. The first-order valence-electron chi connectivity index (χ1n) is 3.87. The monoisotopic (exact) mass is 172 g/mol. The van der Waals surface area contributed by atoms with E-state index in [0.29, 0.717) is 6.42 Å². The van der Waals surface area contributed by atoms with Crippen LogP contribution < -0.4 is 0 Å². The van der Waals surface area contributed by atoms with Gasteiger partial charge in [-0.05, 0) is 6.42 Å². The van der Waals surface area contributed by atoms with E-state index in [4.69, 9.17) is 4.74 Å². The second-order valence-corrected chi connectivity index (χ2v) is 2.92. The van der Waals surface area contributed by atoms with Gasteiger partial charge in [-0.3, -0.25) is 9.59 Å². The lowest BCUT2D eigenvalue weighted by molar-refractivity contribution is -0.145. The molecule has 1 rings (SSSR count). The van der Waals surface area contributed by atoms with Crippen molar-refractivity contribution in [1.82, 2.24) is 0 Å². The highest BCUT2D eigenvalue weighted by atomic mass is 16.5. The largest absolute Gasteiger partial charge is 0.469 e. The molecule has 1 fully saturated rings. The van der Waals surface area contributed by atoms with E-state index in [1.165, 1.54) is 14.0 Å². The highest BCUT2D eigenvalue weighted by Gasteiger charge is 2.41. The second-order valence-electron chi connectivity index (χ2n) is 2.92. The molecule has 0 aliphatic heterocycles.